The zero-order chi connectivity index (χ0) is 13.1. The number of nitrogens with two attached hydrogens (primary N) is 1. The highest BCUT2D eigenvalue weighted by molar-refractivity contribution is 6.32. The zero-order valence-electron chi connectivity index (χ0n) is 11.3. The molecule has 0 aromatic heterocycles. The van der Waals surface area contributed by atoms with E-state index in [-0.39, 0.29) is 0 Å². The van der Waals surface area contributed by atoms with Crippen LogP contribution in [0.15, 0.2) is 6.07 Å². The molecular weight excluding hydrogens is 246 g/mol. The van der Waals surface area contributed by atoms with Crippen LogP contribution in [0.4, 0.5) is 0 Å². The topological polar surface area (TPSA) is 35.2 Å². The summed E-state index contributed by atoms with van der Waals surface area (Å²) < 4.78 is 5.54. The lowest BCUT2D eigenvalue weighted by Gasteiger charge is -2.26. The fourth-order valence-electron chi connectivity index (χ4n) is 3.00. The van der Waals surface area contributed by atoms with E-state index in [0.717, 1.165) is 30.0 Å². The van der Waals surface area contributed by atoms with Crippen LogP contribution >= 0.6 is 11.6 Å². The molecule has 0 spiro atoms. The van der Waals surface area contributed by atoms with E-state index in [0.29, 0.717) is 12.5 Å². The smallest absolute Gasteiger partial charge is 0.141 e. The number of hydrogen-bond donors (Lipinski definition) is 1. The fourth-order valence-corrected chi connectivity index (χ4v) is 3.31. The molecule has 1 aliphatic rings. The Balaban J connectivity index is 2.54. The van der Waals surface area contributed by atoms with Crippen molar-refractivity contribution in [3.05, 3.63) is 27.8 Å². The predicted octanol–water partition coefficient (Wildman–Crippen LogP) is 3.68. The van der Waals surface area contributed by atoms with Gasteiger partial charge in [-0.25, -0.2) is 0 Å². The van der Waals surface area contributed by atoms with E-state index in [9.17, 15) is 0 Å². The number of aryl methyl sites for hydroxylation is 1. The molecule has 0 radical (unpaired) electrons. The third kappa shape index (κ3) is 2.50. The Kier molecular flexibility index (Phi) is 4.52. The lowest BCUT2D eigenvalue weighted by atomic mass is 9.82. The zero-order valence-corrected chi connectivity index (χ0v) is 12.0. The molecule has 0 saturated carbocycles. The first-order valence-electron chi connectivity index (χ1n) is 6.77. The van der Waals surface area contributed by atoms with E-state index in [1.54, 1.807) is 7.11 Å². The second-order valence-corrected chi connectivity index (χ2v) is 5.54. The van der Waals surface area contributed by atoms with Gasteiger partial charge in [-0.05, 0) is 61.8 Å². The molecule has 1 aromatic carbocycles. The summed E-state index contributed by atoms with van der Waals surface area (Å²) in [5, 5.41) is 0.747. The maximum absolute atomic E-state index is 6.35. The number of methoxy groups -OCH3 is 1. The van der Waals surface area contributed by atoms with E-state index in [2.05, 4.69) is 13.0 Å². The molecule has 1 aromatic rings. The second kappa shape index (κ2) is 5.94. The van der Waals surface area contributed by atoms with Crippen molar-refractivity contribution in [1.82, 2.24) is 0 Å². The Morgan fingerprint density at radius 2 is 2.11 bits per heavy atom. The van der Waals surface area contributed by atoms with Gasteiger partial charge in [0, 0.05) is 5.56 Å². The van der Waals surface area contributed by atoms with Crippen LogP contribution in [-0.4, -0.2) is 13.7 Å². The quantitative estimate of drug-likeness (QED) is 0.903. The van der Waals surface area contributed by atoms with Gasteiger partial charge in [0.05, 0.1) is 12.1 Å². The average Bonchev–Trinajstić information content (AvgIpc) is 2.37. The van der Waals surface area contributed by atoms with E-state index >= 15 is 0 Å². The van der Waals surface area contributed by atoms with Gasteiger partial charge in [-0.1, -0.05) is 18.5 Å². The summed E-state index contributed by atoms with van der Waals surface area (Å²) in [5.41, 5.74) is 9.86. The number of fused-ring (bicyclic) bond motifs is 1. The Morgan fingerprint density at radius 1 is 1.39 bits per heavy atom. The summed E-state index contributed by atoms with van der Waals surface area (Å²) >= 11 is 6.35. The maximum atomic E-state index is 6.35. The average molecular weight is 268 g/mol. The molecule has 0 aliphatic heterocycles. The third-order valence-corrected chi connectivity index (χ3v) is 4.18. The molecule has 18 heavy (non-hydrogen) atoms. The van der Waals surface area contributed by atoms with Crippen LogP contribution in [0.5, 0.6) is 5.75 Å². The first-order chi connectivity index (χ1) is 8.69. The molecule has 0 amide bonds. The summed E-state index contributed by atoms with van der Waals surface area (Å²) in [6, 6.07) is 2.09. The van der Waals surface area contributed by atoms with Crippen LogP contribution in [0.3, 0.4) is 0 Å². The highest BCUT2D eigenvalue weighted by Crippen LogP contribution is 2.41. The lowest BCUT2D eigenvalue weighted by molar-refractivity contribution is 0.403. The van der Waals surface area contributed by atoms with Gasteiger partial charge in [0.2, 0.25) is 0 Å². The SMILES string of the molecule is COc1c(Cl)cc2c(c1C(C)CCN)CCCC2. The van der Waals surface area contributed by atoms with E-state index in [4.69, 9.17) is 22.1 Å². The van der Waals surface area contributed by atoms with Crippen molar-refractivity contribution in [3.8, 4) is 5.75 Å². The Labute approximate surface area is 114 Å². The van der Waals surface area contributed by atoms with Crippen LogP contribution < -0.4 is 10.5 Å². The number of ether oxygens (including phenoxy) is 1. The van der Waals surface area contributed by atoms with E-state index in [1.165, 1.54) is 29.5 Å². The molecule has 0 heterocycles. The first kappa shape index (κ1) is 13.7. The molecule has 0 fully saturated rings. The summed E-state index contributed by atoms with van der Waals surface area (Å²) in [4.78, 5) is 0. The number of rotatable bonds is 4. The number of benzene rings is 1. The minimum absolute atomic E-state index is 0.412. The van der Waals surface area contributed by atoms with E-state index < -0.39 is 0 Å². The molecule has 1 unspecified atom stereocenters. The van der Waals surface area contributed by atoms with Gasteiger partial charge in [-0.15, -0.1) is 0 Å². The predicted molar refractivity (Wildman–Crippen MR) is 76.7 cm³/mol. The number of hydrogen-bond acceptors (Lipinski definition) is 2. The second-order valence-electron chi connectivity index (χ2n) is 5.13. The van der Waals surface area contributed by atoms with Crippen LogP contribution in [0.1, 0.15) is 48.8 Å². The minimum atomic E-state index is 0.412. The molecule has 100 valence electrons. The molecule has 1 atom stereocenters. The Hall–Kier alpha value is -0.730. The monoisotopic (exact) mass is 267 g/mol. The van der Waals surface area contributed by atoms with Crippen molar-refractivity contribution in [2.45, 2.75) is 44.9 Å². The summed E-state index contributed by atoms with van der Waals surface area (Å²) in [7, 11) is 1.70. The maximum Gasteiger partial charge on any atom is 0.141 e. The van der Waals surface area contributed by atoms with Gasteiger partial charge in [0.1, 0.15) is 5.75 Å². The molecule has 1 aliphatic carbocycles. The van der Waals surface area contributed by atoms with Crippen LogP contribution in [0, 0.1) is 0 Å². The van der Waals surface area contributed by atoms with E-state index in [1.807, 2.05) is 0 Å². The van der Waals surface area contributed by atoms with Crippen molar-refractivity contribution in [2.24, 2.45) is 5.73 Å². The fraction of sp³-hybridized carbons (Fsp3) is 0.600. The summed E-state index contributed by atoms with van der Waals surface area (Å²) in [6.07, 6.45) is 5.79. The van der Waals surface area contributed by atoms with Crippen LogP contribution in [0.2, 0.25) is 5.02 Å². The molecule has 0 bridgehead atoms. The minimum Gasteiger partial charge on any atom is -0.495 e. The van der Waals surface area contributed by atoms with Gasteiger partial charge >= 0.3 is 0 Å². The van der Waals surface area contributed by atoms with Gasteiger partial charge in [-0.2, -0.15) is 0 Å². The van der Waals surface area contributed by atoms with Gasteiger partial charge in [0.25, 0.3) is 0 Å². The van der Waals surface area contributed by atoms with Gasteiger partial charge in [-0.3, -0.25) is 0 Å². The molecule has 2 N–H and O–H groups in total. The molecular formula is C15H22ClNO. The lowest BCUT2D eigenvalue weighted by Crippen LogP contribution is -2.13. The van der Waals surface area contributed by atoms with Gasteiger partial charge < -0.3 is 10.5 Å². The highest BCUT2D eigenvalue weighted by Gasteiger charge is 2.23. The summed E-state index contributed by atoms with van der Waals surface area (Å²) in [6.45, 7) is 2.92. The van der Waals surface area contributed by atoms with Crippen LogP contribution in [-0.2, 0) is 12.8 Å². The van der Waals surface area contributed by atoms with Crippen LogP contribution in [0.25, 0.3) is 0 Å². The number of halogens is 1. The van der Waals surface area contributed by atoms with Crippen molar-refractivity contribution in [1.29, 1.82) is 0 Å². The van der Waals surface area contributed by atoms with Crippen molar-refractivity contribution < 1.29 is 4.74 Å². The molecule has 0 saturated heterocycles. The molecule has 3 heteroatoms. The standard InChI is InChI=1S/C15H22ClNO/c1-10(7-8-17)14-12-6-4-3-5-11(12)9-13(16)15(14)18-2/h9-10H,3-8,17H2,1-2H3. The third-order valence-electron chi connectivity index (χ3n) is 3.89. The summed E-state index contributed by atoms with van der Waals surface area (Å²) in [5.74, 6) is 1.27. The molecule has 2 rings (SSSR count). The van der Waals surface area contributed by atoms with Crippen molar-refractivity contribution in [3.63, 3.8) is 0 Å². The highest BCUT2D eigenvalue weighted by atomic mass is 35.5. The van der Waals surface area contributed by atoms with Crippen molar-refractivity contribution in [2.75, 3.05) is 13.7 Å². The largest absolute Gasteiger partial charge is 0.495 e. The normalized spacial score (nSPS) is 16.2. The first-order valence-corrected chi connectivity index (χ1v) is 7.15. The van der Waals surface area contributed by atoms with Gasteiger partial charge in [0.15, 0.2) is 0 Å². The Morgan fingerprint density at radius 3 is 2.78 bits per heavy atom. The Bertz CT molecular complexity index is 431. The molecule has 2 nitrogen and oxygen atoms in total. The van der Waals surface area contributed by atoms with Crippen molar-refractivity contribution >= 4 is 11.6 Å².